The van der Waals surface area contributed by atoms with Gasteiger partial charge in [-0.2, -0.15) is 5.26 Å². The van der Waals surface area contributed by atoms with Gasteiger partial charge in [0.05, 0.1) is 19.1 Å². The van der Waals surface area contributed by atoms with Crippen LogP contribution >= 0.6 is 0 Å². The molecule has 0 aliphatic heterocycles. The largest absolute Gasteiger partial charge is 0.494 e. The molecule has 0 radical (unpaired) electrons. The van der Waals surface area contributed by atoms with E-state index in [9.17, 15) is 9.59 Å². The SMILES string of the molecule is CCCCOc1ccc(CC(=O)NN(CC#N)C(=O)CCC2CCCCC2)cc1. The van der Waals surface area contributed by atoms with E-state index in [0.29, 0.717) is 18.9 Å². The molecule has 0 saturated heterocycles. The summed E-state index contributed by atoms with van der Waals surface area (Å²) in [5, 5.41) is 10.2. The topological polar surface area (TPSA) is 82.4 Å². The highest BCUT2D eigenvalue weighted by atomic mass is 16.5. The lowest BCUT2D eigenvalue weighted by atomic mass is 9.86. The van der Waals surface area contributed by atoms with Crippen LogP contribution in [0.5, 0.6) is 5.75 Å². The van der Waals surface area contributed by atoms with Crippen LogP contribution in [-0.2, 0) is 16.0 Å². The molecular weight excluding hydrogens is 366 g/mol. The van der Waals surface area contributed by atoms with Crippen LogP contribution in [-0.4, -0.2) is 30.0 Å². The molecule has 0 unspecified atom stereocenters. The van der Waals surface area contributed by atoms with E-state index in [-0.39, 0.29) is 24.8 Å². The number of rotatable bonds is 10. The monoisotopic (exact) mass is 399 g/mol. The quantitative estimate of drug-likeness (QED) is 0.364. The first-order valence-corrected chi connectivity index (χ1v) is 10.8. The fourth-order valence-electron chi connectivity index (χ4n) is 3.61. The maximum absolute atomic E-state index is 12.5. The molecule has 1 fully saturated rings. The van der Waals surface area contributed by atoms with Crippen LogP contribution in [0.1, 0.15) is 70.3 Å². The number of nitrogens with zero attached hydrogens (tertiary/aromatic N) is 2. The molecule has 6 nitrogen and oxygen atoms in total. The van der Waals surface area contributed by atoms with Gasteiger partial charge in [0.1, 0.15) is 12.3 Å². The summed E-state index contributed by atoms with van der Waals surface area (Å²) in [6, 6.07) is 9.35. The van der Waals surface area contributed by atoms with E-state index in [1.807, 2.05) is 30.3 Å². The second-order valence-corrected chi connectivity index (χ2v) is 7.74. The van der Waals surface area contributed by atoms with Crippen molar-refractivity contribution >= 4 is 11.8 Å². The second-order valence-electron chi connectivity index (χ2n) is 7.74. The molecule has 0 aromatic heterocycles. The number of hydrazine groups is 1. The molecule has 1 aromatic rings. The van der Waals surface area contributed by atoms with Crippen molar-refractivity contribution in [3.05, 3.63) is 29.8 Å². The third-order valence-electron chi connectivity index (χ3n) is 5.34. The predicted octanol–water partition coefficient (Wildman–Crippen LogP) is 4.15. The van der Waals surface area contributed by atoms with E-state index in [1.165, 1.54) is 32.1 Å². The zero-order valence-electron chi connectivity index (χ0n) is 17.5. The number of unbranched alkanes of at least 4 members (excludes halogenated alkanes) is 1. The number of amides is 2. The Morgan fingerprint density at radius 1 is 1.21 bits per heavy atom. The Labute approximate surface area is 174 Å². The molecule has 1 aromatic carbocycles. The number of nitriles is 1. The Hall–Kier alpha value is -2.55. The van der Waals surface area contributed by atoms with Crippen molar-refractivity contribution in [3.8, 4) is 11.8 Å². The van der Waals surface area contributed by atoms with Gasteiger partial charge in [0, 0.05) is 6.42 Å². The minimum Gasteiger partial charge on any atom is -0.494 e. The maximum Gasteiger partial charge on any atom is 0.243 e. The second kappa shape index (κ2) is 12.8. The third-order valence-corrected chi connectivity index (χ3v) is 5.34. The number of hydrogen-bond acceptors (Lipinski definition) is 4. The number of carbonyl (C=O) groups excluding carboxylic acids is 2. The van der Waals surface area contributed by atoms with Gasteiger partial charge in [-0.05, 0) is 36.5 Å². The summed E-state index contributed by atoms with van der Waals surface area (Å²) in [5.41, 5.74) is 3.43. The van der Waals surface area contributed by atoms with Gasteiger partial charge < -0.3 is 4.74 Å². The van der Waals surface area contributed by atoms with Crippen LogP contribution in [0.4, 0.5) is 0 Å². The highest BCUT2D eigenvalue weighted by Gasteiger charge is 2.19. The lowest BCUT2D eigenvalue weighted by Crippen LogP contribution is -2.47. The van der Waals surface area contributed by atoms with Gasteiger partial charge in [0.25, 0.3) is 0 Å². The van der Waals surface area contributed by atoms with Gasteiger partial charge in [-0.15, -0.1) is 0 Å². The van der Waals surface area contributed by atoms with Gasteiger partial charge in [0.2, 0.25) is 11.8 Å². The van der Waals surface area contributed by atoms with E-state index in [0.717, 1.165) is 35.6 Å². The molecule has 29 heavy (non-hydrogen) atoms. The zero-order valence-corrected chi connectivity index (χ0v) is 17.5. The Morgan fingerprint density at radius 3 is 2.59 bits per heavy atom. The van der Waals surface area contributed by atoms with E-state index < -0.39 is 0 Å². The first-order valence-electron chi connectivity index (χ1n) is 10.8. The average molecular weight is 400 g/mol. The minimum atomic E-state index is -0.300. The summed E-state index contributed by atoms with van der Waals surface area (Å²) in [4.78, 5) is 24.8. The molecular formula is C23H33N3O3. The highest BCUT2D eigenvalue weighted by molar-refractivity contribution is 5.83. The summed E-state index contributed by atoms with van der Waals surface area (Å²) < 4.78 is 5.62. The maximum atomic E-state index is 12.5. The lowest BCUT2D eigenvalue weighted by molar-refractivity contribution is -0.140. The van der Waals surface area contributed by atoms with Crippen LogP contribution < -0.4 is 10.2 Å². The molecule has 1 N–H and O–H groups in total. The molecule has 1 aliphatic carbocycles. The van der Waals surface area contributed by atoms with Crippen molar-refractivity contribution in [2.24, 2.45) is 5.92 Å². The first-order chi connectivity index (χ1) is 14.1. The molecule has 2 amide bonds. The zero-order chi connectivity index (χ0) is 20.9. The standard InChI is InChI=1S/C23H33N3O3/c1-2-3-17-29-21-12-9-20(10-13-21)18-22(27)25-26(16-15-24)23(28)14-11-19-7-5-4-6-8-19/h9-10,12-13,19H,2-8,11,14,16-18H2,1H3,(H,25,27). The predicted molar refractivity (Wildman–Crippen MR) is 112 cm³/mol. The number of hydrogen-bond donors (Lipinski definition) is 1. The number of carbonyl (C=O) groups is 2. The molecule has 1 saturated carbocycles. The van der Waals surface area contributed by atoms with Crippen LogP contribution in [0.2, 0.25) is 0 Å². The first kappa shape index (κ1) is 22.7. The summed E-state index contributed by atoms with van der Waals surface area (Å²) in [5.74, 6) is 0.882. The molecule has 6 heteroatoms. The highest BCUT2D eigenvalue weighted by Crippen LogP contribution is 2.27. The fraction of sp³-hybridized carbons (Fsp3) is 0.609. The Morgan fingerprint density at radius 2 is 1.93 bits per heavy atom. The number of benzene rings is 1. The van der Waals surface area contributed by atoms with Gasteiger partial charge in [-0.25, -0.2) is 5.01 Å². The minimum absolute atomic E-state index is 0.139. The molecule has 158 valence electrons. The Balaban J connectivity index is 1.80. The van der Waals surface area contributed by atoms with Gasteiger partial charge >= 0.3 is 0 Å². The van der Waals surface area contributed by atoms with Crippen LogP contribution in [0.25, 0.3) is 0 Å². The van der Waals surface area contributed by atoms with Crippen molar-refractivity contribution in [1.29, 1.82) is 5.26 Å². The Bertz CT molecular complexity index is 676. The molecule has 0 atom stereocenters. The van der Waals surface area contributed by atoms with Crippen molar-refractivity contribution in [3.63, 3.8) is 0 Å². The summed E-state index contributed by atoms with van der Waals surface area (Å²) in [6.45, 7) is 2.66. The van der Waals surface area contributed by atoms with Crippen molar-refractivity contribution in [1.82, 2.24) is 10.4 Å². The van der Waals surface area contributed by atoms with Crippen LogP contribution in [0.15, 0.2) is 24.3 Å². The molecule has 2 rings (SSSR count). The molecule has 0 bridgehead atoms. The Kier molecular flexibility index (Phi) is 10.1. The van der Waals surface area contributed by atoms with Crippen molar-refractivity contribution in [2.75, 3.05) is 13.2 Å². The summed E-state index contributed by atoms with van der Waals surface area (Å²) in [7, 11) is 0. The van der Waals surface area contributed by atoms with Gasteiger partial charge in [-0.3, -0.25) is 15.0 Å². The molecule has 1 aliphatic rings. The van der Waals surface area contributed by atoms with Crippen molar-refractivity contribution < 1.29 is 14.3 Å². The number of nitrogens with one attached hydrogen (secondary N) is 1. The molecule has 0 spiro atoms. The molecule has 0 heterocycles. The fourth-order valence-corrected chi connectivity index (χ4v) is 3.61. The third kappa shape index (κ3) is 8.55. The van der Waals surface area contributed by atoms with Crippen LogP contribution in [0.3, 0.4) is 0 Å². The smallest absolute Gasteiger partial charge is 0.243 e. The van der Waals surface area contributed by atoms with Crippen LogP contribution in [0, 0.1) is 17.2 Å². The van der Waals surface area contributed by atoms with Crippen molar-refractivity contribution in [2.45, 2.75) is 71.1 Å². The van der Waals surface area contributed by atoms with E-state index in [2.05, 4.69) is 12.3 Å². The van der Waals surface area contributed by atoms with E-state index in [1.54, 1.807) is 0 Å². The average Bonchev–Trinajstić information content (AvgIpc) is 2.74. The van der Waals surface area contributed by atoms with Gasteiger partial charge in [-0.1, -0.05) is 57.6 Å². The summed E-state index contributed by atoms with van der Waals surface area (Å²) in [6.07, 6.45) is 9.54. The lowest BCUT2D eigenvalue weighted by Gasteiger charge is -2.24. The van der Waals surface area contributed by atoms with E-state index >= 15 is 0 Å². The van der Waals surface area contributed by atoms with Gasteiger partial charge in [0.15, 0.2) is 0 Å². The normalized spacial score (nSPS) is 14.1. The van der Waals surface area contributed by atoms with E-state index in [4.69, 9.17) is 10.00 Å². The number of ether oxygens (including phenoxy) is 1. The summed E-state index contributed by atoms with van der Waals surface area (Å²) >= 11 is 0.